The Balaban J connectivity index is 2.02. The second-order valence-corrected chi connectivity index (χ2v) is 6.45. The molecule has 1 N–H and O–H groups in total. The summed E-state index contributed by atoms with van der Waals surface area (Å²) in [7, 11) is 0. The molecular formula is C22H24N4O2. The van der Waals surface area contributed by atoms with Crippen LogP contribution in [0, 0.1) is 6.92 Å². The van der Waals surface area contributed by atoms with E-state index >= 15 is 0 Å². The molecule has 3 rings (SSSR count). The van der Waals surface area contributed by atoms with E-state index in [1.807, 2.05) is 63.2 Å². The van der Waals surface area contributed by atoms with Gasteiger partial charge in [0.2, 0.25) is 0 Å². The first-order valence-electron chi connectivity index (χ1n) is 9.35. The predicted molar refractivity (Wildman–Crippen MR) is 110 cm³/mol. The number of hydrogen-bond acceptors (Lipinski definition) is 3. The van der Waals surface area contributed by atoms with E-state index in [0.29, 0.717) is 30.0 Å². The number of hydrogen-bond donors (Lipinski definition) is 1. The highest BCUT2D eigenvalue weighted by Crippen LogP contribution is 2.23. The monoisotopic (exact) mass is 376 g/mol. The Bertz CT molecular complexity index is 958. The molecule has 6 nitrogen and oxygen atoms in total. The van der Waals surface area contributed by atoms with Gasteiger partial charge in [-0.2, -0.15) is 5.10 Å². The van der Waals surface area contributed by atoms with Crippen LogP contribution in [0.25, 0.3) is 5.69 Å². The van der Waals surface area contributed by atoms with Gasteiger partial charge in [0.1, 0.15) is 11.4 Å². The van der Waals surface area contributed by atoms with Gasteiger partial charge in [0, 0.05) is 18.7 Å². The van der Waals surface area contributed by atoms with Crippen LogP contribution in [-0.2, 0) is 0 Å². The number of benzene rings is 2. The molecule has 1 aromatic heterocycles. The van der Waals surface area contributed by atoms with Gasteiger partial charge in [-0.3, -0.25) is 9.59 Å². The highest BCUT2D eigenvalue weighted by molar-refractivity contribution is 6.08. The lowest BCUT2D eigenvalue weighted by molar-refractivity contribution is 0.0774. The van der Waals surface area contributed by atoms with Crippen LogP contribution in [0.4, 0.5) is 5.82 Å². The molecule has 0 saturated carbocycles. The number of aryl methyl sites for hydroxylation is 1. The Labute approximate surface area is 164 Å². The number of nitrogens with one attached hydrogen (secondary N) is 1. The molecule has 28 heavy (non-hydrogen) atoms. The molecule has 0 fully saturated rings. The van der Waals surface area contributed by atoms with Gasteiger partial charge in [-0.15, -0.1) is 0 Å². The fourth-order valence-corrected chi connectivity index (χ4v) is 2.96. The van der Waals surface area contributed by atoms with E-state index in [-0.39, 0.29) is 11.8 Å². The first-order chi connectivity index (χ1) is 13.5. The number of rotatable bonds is 6. The van der Waals surface area contributed by atoms with Crippen LogP contribution in [0.3, 0.4) is 0 Å². The third-order valence-electron chi connectivity index (χ3n) is 4.60. The highest BCUT2D eigenvalue weighted by atomic mass is 16.2. The summed E-state index contributed by atoms with van der Waals surface area (Å²) < 4.78 is 1.59. The maximum absolute atomic E-state index is 13.0. The summed E-state index contributed by atoms with van der Waals surface area (Å²) in [6, 6.07) is 16.7. The van der Waals surface area contributed by atoms with Crippen LogP contribution in [0.15, 0.2) is 60.8 Å². The van der Waals surface area contributed by atoms with Gasteiger partial charge >= 0.3 is 0 Å². The zero-order chi connectivity index (χ0) is 20.1. The summed E-state index contributed by atoms with van der Waals surface area (Å²) in [5, 5.41) is 7.27. The van der Waals surface area contributed by atoms with E-state index in [9.17, 15) is 9.59 Å². The van der Waals surface area contributed by atoms with E-state index in [2.05, 4.69) is 10.4 Å². The summed E-state index contributed by atoms with van der Waals surface area (Å²) in [4.78, 5) is 27.5. The summed E-state index contributed by atoms with van der Waals surface area (Å²) in [5.41, 5.74) is 2.73. The van der Waals surface area contributed by atoms with E-state index < -0.39 is 0 Å². The van der Waals surface area contributed by atoms with Gasteiger partial charge in [-0.25, -0.2) is 4.68 Å². The third-order valence-corrected chi connectivity index (χ3v) is 4.60. The average molecular weight is 376 g/mol. The van der Waals surface area contributed by atoms with Crippen molar-refractivity contribution in [1.29, 1.82) is 0 Å². The number of nitrogens with zero attached hydrogens (tertiary/aromatic N) is 3. The van der Waals surface area contributed by atoms with Crippen molar-refractivity contribution >= 4 is 17.6 Å². The lowest BCUT2D eigenvalue weighted by Crippen LogP contribution is -2.31. The quantitative estimate of drug-likeness (QED) is 0.709. The number of carbonyl (C=O) groups excluding carboxylic acids is 2. The van der Waals surface area contributed by atoms with Crippen molar-refractivity contribution in [3.05, 3.63) is 77.5 Å². The standard InChI is InChI=1S/C22H24N4O2/c1-4-25(5-2)22(28)19-15-23-26(18-9-7-6-8-10-18)20(19)24-21(27)17-13-11-16(3)12-14-17/h6-15H,4-5H2,1-3H3,(H,24,27). The third kappa shape index (κ3) is 3.96. The van der Waals surface area contributed by atoms with Crippen molar-refractivity contribution in [2.24, 2.45) is 0 Å². The maximum Gasteiger partial charge on any atom is 0.259 e. The van der Waals surface area contributed by atoms with Crippen molar-refractivity contribution in [3.8, 4) is 5.69 Å². The number of aromatic nitrogens is 2. The SMILES string of the molecule is CCN(CC)C(=O)c1cnn(-c2ccccc2)c1NC(=O)c1ccc(C)cc1. The molecule has 0 aliphatic rings. The number of para-hydroxylation sites is 1. The van der Waals surface area contributed by atoms with E-state index in [4.69, 9.17) is 0 Å². The smallest absolute Gasteiger partial charge is 0.259 e. The number of carbonyl (C=O) groups is 2. The normalized spacial score (nSPS) is 10.5. The molecule has 0 saturated heterocycles. The van der Waals surface area contributed by atoms with Gasteiger partial charge in [0.05, 0.1) is 11.9 Å². The van der Waals surface area contributed by atoms with Crippen LogP contribution in [0.1, 0.15) is 40.1 Å². The Morgan fingerprint density at radius 1 is 1.00 bits per heavy atom. The fraction of sp³-hybridized carbons (Fsp3) is 0.227. The molecule has 0 radical (unpaired) electrons. The van der Waals surface area contributed by atoms with Gasteiger partial charge in [-0.1, -0.05) is 35.9 Å². The predicted octanol–water partition coefficient (Wildman–Crippen LogP) is 3.92. The van der Waals surface area contributed by atoms with Gasteiger partial charge in [0.25, 0.3) is 11.8 Å². The number of anilines is 1. The van der Waals surface area contributed by atoms with E-state index in [1.54, 1.807) is 21.7 Å². The summed E-state index contributed by atoms with van der Waals surface area (Å²) in [5.74, 6) is -0.0775. The van der Waals surface area contributed by atoms with Gasteiger partial charge < -0.3 is 10.2 Å². The van der Waals surface area contributed by atoms with E-state index in [1.165, 1.54) is 6.20 Å². The zero-order valence-electron chi connectivity index (χ0n) is 16.3. The Morgan fingerprint density at radius 2 is 1.64 bits per heavy atom. The number of amides is 2. The first kappa shape index (κ1) is 19.4. The minimum absolute atomic E-state index is 0.161. The Kier molecular flexibility index (Phi) is 5.89. The van der Waals surface area contributed by atoms with Crippen molar-refractivity contribution in [3.63, 3.8) is 0 Å². The Morgan fingerprint density at radius 3 is 2.25 bits per heavy atom. The van der Waals surface area contributed by atoms with Crippen LogP contribution < -0.4 is 5.32 Å². The van der Waals surface area contributed by atoms with Crippen LogP contribution >= 0.6 is 0 Å². The van der Waals surface area contributed by atoms with Crippen molar-refractivity contribution in [2.45, 2.75) is 20.8 Å². The minimum atomic E-state index is -0.286. The molecular weight excluding hydrogens is 352 g/mol. The van der Waals surface area contributed by atoms with Crippen molar-refractivity contribution in [2.75, 3.05) is 18.4 Å². The largest absolute Gasteiger partial charge is 0.339 e. The molecule has 0 aliphatic carbocycles. The molecule has 0 aliphatic heterocycles. The average Bonchev–Trinajstić information content (AvgIpc) is 3.13. The molecule has 0 unspecified atom stereocenters. The van der Waals surface area contributed by atoms with Gasteiger partial charge in [-0.05, 0) is 45.0 Å². The van der Waals surface area contributed by atoms with Crippen molar-refractivity contribution in [1.82, 2.24) is 14.7 Å². The van der Waals surface area contributed by atoms with E-state index in [0.717, 1.165) is 11.3 Å². The second-order valence-electron chi connectivity index (χ2n) is 6.45. The molecule has 3 aromatic rings. The minimum Gasteiger partial charge on any atom is -0.339 e. The summed E-state index contributed by atoms with van der Waals surface area (Å²) >= 11 is 0. The molecule has 2 amide bonds. The van der Waals surface area contributed by atoms with Crippen molar-refractivity contribution < 1.29 is 9.59 Å². The molecule has 0 atom stereocenters. The summed E-state index contributed by atoms with van der Waals surface area (Å²) in [6.45, 7) is 6.97. The fourth-order valence-electron chi connectivity index (χ4n) is 2.96. The highest BCUT2D eigenvalue weighted by Gasteiger charge is 2.23. The maximum atomic E-state index is 13.0. The molecule has 6 heteroatoms. The molecule has 0 spiro atoms. The lowest BCUT2D eigenvalue weighted by Gasteiger charge is -2.19. The first-order valence-corrected chi connectivity index (χ1v) is 9.35. The van der Waals surface area contributed by atoms with Crippen LogP contribution in [-0.4, -0.2) is 39.6 Å². The summed E-state index contributed by atoms with van der Waals surface area (Å²) in [6.07, 6.45) is 1.51. The molecule has 0 bridgehead atoms. The van der Waals surface area contributed by atoms with Crippen LogP contribution in [0.5, 0.6) is 0 Å². The topological polar surface area (TPSA) is 67.2 Å². The molecule has 2 aromatic carbocycles. The molecule has 144 valence electrons. The van der Waals surface area contributed by atoms with Crippen LogP contribution in [0.2, 0.25) is 0 Å². The van der Waals surface area contributed by atoms with Gasteiger partial charge in [0.15, 0.2) is 0 Å². The second kappa shape index (κ2) is 8.52. The lowest BCUT2D eigenvalue weighted by atomic mass is 10.1. The zero-order valence-corrected chi connectivity index (χ0v) is 16.3. The Hall–Kier alpha value is -3.41. The molecule has 1 heterocycles.